The maximum Gasteiger partial charge on any atom is 0.209 e. The van der Waals surface area contributed by atoms with Crippen molar-refractivity contribution in [3.8, 4) is 11.3 Å². The number of nitrogens with one attached hydrogen (secondary N) is 1. The van der Waals surface area contributed by atoms with Crippen LogP contribution < -0.4 is 5.32 Å². The van der Waals surface area contributed by atoms with Crippen LogP contribution in [0, 0.1) is 6.20 Å². The Bertz CT molecular complexity index is 608. The van der Waals surface area contributed by atoms with Crippen molar-refractivity contribution >= 4 is 16.9 Å². The third-order valence-electron chi connectivity index (χ3n) is 2.89. The number of benzene rings is 1. The van der Waals surface area contributed by atoms with Crippen LogP contribution in [-0.2, 0) is 0 Å². The lowest BCUT2D eigenvalue weighted by Crippen LogP contribution is -2.12. The molecule has 0 bridgehead atoms. The molecule has 1 N–H and O–H groups in total. The van der Waals surface area contributed by atoms with Crippen LogP contribution in [0.15, 0.2) is 47.4 Å². The standard InChI is InChI=1S/C15H13N2S/c1-11-9-16-8-7-13(11)15-17-14(10-18-15)12-5-3-2-4-6-12/h2-7,10,16H,8H2,1H3/q+1. The fourth-order valence-electron chi connectivity index (χ4n) is 1.94. The van der Waals surface area contributed by atoms with Crippen LogP contribution in [-0.4, -0.2) is 11.5 Å². The molecule has 0 radical (unpaired) electrons. The van der Waals surface area contributed by atoms with Crippen molar-refractivity contribution in [2.75, 3.05) is 6.54 Å². The van der Waals surface area contributed by atoms with Gasteiger partial charge in [0.05, 0.1) is 12.2 Å². The minimum Gasteiger partial charge on any atom is -0.261 e. The van der Waals surface area contributed by atoms with Gasteiger partial charge >= 0.3 is 0 Å². The molecule has 1 aromatic carbocycles. The summed E-state index contributed by atoms with van der Waals surface area (Å²) in [5, 5.41) is 6.27. The van der Waals surface area contributed by atoms with Crippen molar-refractivity contribution in [2.45, 2.75) is 6.92 Å². The van der Waals surface area contributed by atoms with Crippen molar-refractivity contribution in [2.24, 2.45) is 0 Å². The zero-order valence-corrected chi connectivity index (χ0v) is 10.9. The van der Waals surface area contributed by atoms with Gasteiger partial charge in [-0.15, -0.1) is 11.3 Å². The molecule has 0 fully saturated rings. The van der Waals surface area contributed by atoms with E-state index in [2.05, 4.69) is 42.0 Å². The molecular formula is C15H13N2S+. The number of rotatable bonds is 2. The second kappa shape index (κ2) is 4.73. The summed E-state index contributed by atoms with van der Waals surface area (Å²) in [4.78, 5) is 4.72. The normalized spacial score (nSPS) is 14.3. The Labute approximate surface area is 111 Å². The summed E-state index contributed by atoms with van der Waals surface area (Å²) in [7, 11) is 0. The smallest absolute Gasteiger partial charge is 0.209 e. The number of thiazole rings is 1. The van der Waals surface area contributed by atoms with Crippen LogP contribution in [0.4, 0.5) is 0 Å². The first-order valence-electron chi connectivity index (χ1n) is 5.89. The molecule has 1 aliphatic heterocycles. The SMILES string of the molecule is CC1=[C+]NCC=C1c1nc(-c2ccccc2)cs1. The maximum atomic E-state index is 4.72. The van der Waals surface area contributed by atoms with Gasteiger partial charge < -0.3 is 0 Å². The van der Waals surface area contributed by atoms with E-state index in [1.54, 1.807) is 11.3 Å². The largest absolute Gasteiger partial charge is 0.261 e. The van der Waals surface area contributed by atoms with Crippen LogP contribution in [0.5, 0.6) is 0 Å². The molecule has 2 aromatic rings. The molecule has 0 spiro atoms. The molecule has 88 valence electrons. The quantitative estimate of drug-likeness (QED) is 0.829. The number of dihydropyridines is 1. The molecule has 2 nitrogen and oxygen atoms in total. The van der Waals surface area contributed by atoms with Gasteiger partial charge in [0.2, 0.25) is 5.01 Å². The third kappa shape index (κ3) is 2.06. The molecule has 0 unspecified atom stereocenters. The molecule has 3 heteroatoms. The summed E-state index contributed by atoms with van der Waals surface area (Å²) < 4.78 is 0. The monoisotopic (exact) mass is 253 g/mol. The lowest BCUT2D eigenvalue weighted by atomic mass is 10.1. The summed E-state index contributed by atoms with van der Waals surface area (Å²) in [6, 6.07) is 10.3. The van der Waals surface area contributed by atoms with Gasteiger partial charge in [-0.25, -0.2) is 4.98 Å². The van der Waals surface area contributed by atoms with E-state index < -0.39 is 0 Å². The highest BCUT2D eigenvalue weighted by molar-refractivity contribution is 7.11. The van der Waals surface area contributed by atoms with Crippen molar-refractivity contribution in [1.82, 2.24) is 10.3 Å². The van der Waals surface area contributed by atoms with Crippen LogP contribution in [0.2, 0.25) is 0 Å². The zero-order chi connectivity index (χ0) is 12.4. The highest BCUT2D eigenvalue weighted by atomic mass is 32.1. The van der Waals surface area contributed by atoms with Crippen molar-refractivity contribution in [1.29, 1.82) is 0 Å². The van der Waals surface area contributed by atoms with Crippen molar-refractivity contribution < 1.29 is 0 Å². The van der Waals surface area contributed by atoms with Crippen LogP contribution in [0.1, 0.15) is 11.9 Å². The molecule has 1 aliphatic rings. The molecule has 0 amide bonds. The highest BCUT2D eigenvalue weighted by Gasteiger charge is 2.22. The number of nitrogens with zero attached hydrogens (tertiary/aromatic N) is 1. The number of allylic oxidation sites excluding steroid dienone is 2. The minimum atomic E-state index is 0.826. The molecule has 2 heterocycles. The van der Waals surface area contributed by atoms with E-state index in [1.165, 1.54) is 11.1 Å². The lowest BCUT2D eigenvalue weighted by molar-refractivity contribution is 0.927. The third-order valence-corrected chi connectivity index (χ3v) is 3.77. The van der Waals surface area contributed by atoms with Crippen LogP contribution in [0.3, 0.4) is 0 Å². The van der Waals surface area contributed by atoms with E-state index in [1.807, 2.05) is 18.2 Å². The highest BCUT2D eigenvalue weighted by Crippen LogP contribution is 2.30. The predicted octanol–water partition coefficient (Wildman–Crippen LogP) is 3.50. The topological polar surface area (TPSA) is 24.9 Å². The molecule has 1 aromatic heterocycles. The van der Waals surface area contributed by atoms with E-state index >= 15 is 0 Å². The van der Waals surface area contributed by atoms with Gasteiger partial charge in [0, 0.05) is 23.9 Å². The lowest BCUT2D eigenvalue weighted by Gasteiger charge is -1.99. The Hall–Kier alpha value is -1.96. The van der Waals surface area contributed by atoms with E-state index in [9.17, 15) is 0 Å². The fraction of sp³-hybridized carbons (Fsp3) is 0.133. The van der Waals surface area contributed by atoms with Gasteiger partial charge in [-0.2, -0.15) is 0 Å². The number of aromatic nitrogens is 1. The first kappa shape index (κ1) is 11.1. The summed E-state index contributed by atoms with van der Waals surface area (Å²) in [5.74, 6) is 0. The fourth-order valence-corrected chi connectivity index (χ4v) is 2.87. The van der Waals surface area contributed by atoms with Crippen LogP contribution >= 0.6 is 11.3 Å². The molecule has 0 saturated heterocycles. The van der Waals surface area contributed by atoms with E-state index in [0.717, 1.165) is 22.8 Å². The first-order valence-corrected chi connectivity index (χ1v) is 6.77. The van der Waals surface area contributed by atoms with Gasteiger partial charge in [-0.05, 0) is 0 Å². The summed E-state index contributed by atoms with van der Waals surface area (Å²) in [6.07, 6.45) is 5.31. The van der Waals surface area contributed by atoms with Gasteiger partial charge in [-0.3, -0.25) is 5.32 Å². The van der Waals surface area contributed by atoms with Crippen molar-refractivity contribution in [3.05, 3.63) is 58.6 Å². The van der Waals surface area contributed by atoms with E-state index in [0.29, 0.717) is 0 Å². The molecular weight excluding hydrogens is 240 g/mol. The Balaban J connectivity index is 1.95. The Morgan fingerprint density at radius 3 is 2.89 bits per heavy atom. The first-order chi connectivity index (χ1) is 8.84. The summed E-state index contributed by atoms with van der Waals surface area (Å²) >= 11 is 1.69. The average molecular weight is 253 g/mol. The van der Waals surface area contributed by atoms with Gasteiger partial charge in [-0.1, -0.05) is 30.3 Å². The van der Waals surface area contributed by atoms with E-state index in [4.69, 9.17) is 4.98 Å². The summed E-state index contributed by atoms with van der Waals surface area (Å²) in [6.45, 7) is 2.88. The van der Waals surface area contributed by atoms with Gasteiger partial charge in [0.1, 0.15) is 0 Å². The van der Waals surface area contributed by atoms with Gasteiger partial charge in [0.25, 0.3) is 0 Å². The second-order valence-electron chi connectivity index (χ2n) is 4.15. The number of hydrogen-bond donors (Lipinski definition) is 1. The molecule has 0 atom stereocenters. The molecule has 0 aliphatic carbocycles. The Kier molecular flexibility index (Phi) is 2.93. The number of hydrogen-bond acceptors (Lipinski definition) is 3. The van der Waals surface area contributed by atoms with Gasteiger partial charge in [0.15, 0.2) is 17.3 Å². The molecule has 18 heavy (non-hydrogen) atoms. The molecule has 3 rings (SSSR count). The second-order valence-corrected chi connectivity index (χ2v) is 5.01. The minimum absolute atomic E-state index is 0.826. The zero-order valence-electron chi connectivity index (χ0n) is 10.1. The Morgan fingerprint density at radius 1 is 1.28 bits per heavy atom. The van der Waals surface area contributed by atoms with Crippen molar-refractivity contribution in [3.63, 3.8) is 0 Å². The average Bonchev–Trinajstić information content (AvgIpc) is 2.90. The summed E-state index contributed by atoms with van der Waals surface area (Å²) in [5.41, 5.74) is 4.53. The van der Waals surface area contributed by atoms with E-state index in [-0.39, 0.29) is 0 Å². The molecule has 0 saturated carbocycles. The Morgan fingerprint density at radius 2 is 2.11 bits per heavy atom. The predicted molar refractivity (Wildman–Crippen MR) is 76.0 cm³/mol. The maximum absolute atomic E-state index is 4.72. The van der Waals surface area contributed by atoms with Crippen LogP contribution in [0.25, 0.3) is 16.8 Å².